The smallest absolute Gasteiger partial charge is 0.285 e. The van der Waals surface area contributed by atoms with Crippen molar-refractivity contribution in [3.63, 3.8) is 0 Å². The first-order valence-corrected chi connectivity index (χ1v) is 9.53. The first-order chi connectivity index (χ1) is 13.4. The molecule has 0 spiro atoms. The van der Waals surface area contributed by atoms with Gasteiger partial charge in [-0.25, -0.2) is 0 Å². The molecule has 1 heterocycles. The van der Waals surface area contributed by atoms with Crippen molar-refractivity contribution in [1.82, 2.24) is 10.4 Å². The van der Waals surface area contributed by atoms with Gasteiger partial charge in [-0.15, -0.1) is 0 Å². The summed E-state index contributed by atoms with van der Waals surface area (Å²) < 4.78 is 10.9. The van der Waals surface area contributed by atoms with E-state index in [1.54, 1.807) is 43.5 Å². The zero-order chi connectivity index (χ0) is 20.3. The number of para-hydroxylation sites is 1. The highest BCUT2D eigenvalue weighted by atomic mass is 32.2. The van der Waals surface area contributed by atoms with Gasteiger partial charge in [0.2, 0.25) is 0 Å². The van der Waals surface area contributed by atoms with Crippen LogP contribution in [0.15, 0.2) is 47.4 Å². The summed E-state index contributed by atoms with van der Waals surface area (Å²) in [5, 5.41) is 1.08. The van der Waals surface area contributed by atoms with E-state index in [1.807, 2.05) is 19.1 Å². The highest BCUT2D eigenvalue weighted by Crippen LogP contribution is 2.36. The van der Waals surface area contributed by atoms with Gasteiger partial charge in [-0.3, -0.25) is 15.0 Å². The van der Waals surface area contributed by atoms with E-state index in [1.165, 1.54) is 7.11 Å². The first-order valence-electron chi connectivity index (χ1n) is 8.31. The highest BCUT2D eigenvalue weighted by molar-refractivity contribution is 8.26. The summed E-state index contributed by atoms with van der Waals surface area (Å²) in [5.74, 6) is 0.259. The summed E-state index contributed by atoms with van der Waals surface area (Å²) in [6, 6.07) is 12.4. The number of methoxy groups -OCH3 is 2. The molecule has 1 N–H and O–H groups in total. The molecular weight excluding hydrogens is 396 g/mol. The molecule has 0 aliphatic carbocycles. The van der Waals surface area contributed by atoms with Gasteiger partial charge in [0.25, 0.3) is 11.8 Å². The van der Waals surface area contributed by atoms with Crippen molar-refractivity contribution in [2.24, 2.45) is 0 Å². The molecule has 144 valence electrons. The molecule has 0 radical (unpaired) electrons. The van der Waals surface area contributed by atoms with Crippen LogP contribution in [0, 0.1) is 6.92 Å². The number of thioether (sulfide) groups is 1. The fourth-order valence-electron chi connectivity index (χ4n) is 2.60. The zero-order valence-corrected chi connectivity index (χ0v) is 17.1. The lowest BCUT2D eigenvalue weighted by molar-refractivity contribution is -0.123. The number of carbonyl (C=O) groups is 2. The van der Waals surface area contributed by atoms with Crippen molar-refractivity contribution in [2.45, 2.75) is 6.92 Å². The quantitative estimate of drug-likeness (QED) is 0.596. The predicted octanol–water partition coefficient (Wildman–Crippen LogP) is 3.56. The van der Waals surface area contributed by atoms with Gasteiger partial charge in [0, 0.05) is 11.1 Å². The fraction of sp³-hybridized carbons (Fsp3) is 0.150. The lowest BCUT2D eigenvalue weighted by Gasteiger charge is -2.15. The molecule has 0 saturated carbocycles. The number of hydrazine groups is 1. The van der Waals surface area contributed by atoms with E-state index in [2.05, 4.69) is 5.43 Å². The largest absolute Gasteiger partial charge is 0.493 e. The molecule has 0 unspecified atom stereocenters. The van der Waals surface area contributed by atoms with Crippen molar-refractivity contribution < 1.29 is 19.1 Å². The maximum atomic E-state index is 12.8. The van der Waals surface area contributed by atoms with Gasteiger partial charge < -0.3 is 9.47 Å². The van der Waals surface area contributed by atoms with Crippen molar-refractivity contribution in [2.75, 3.05) is 14.2 Å². The minimum absolute atomic E-state index is 0.249. The molecule has 0 aromatic heterocycles. The Balaban J connectivity index is 1.83. The van der Waals surface area contributed by atoms with E-state index in [-0.39, 0.29) is 4.32 Å². The molecule has 8 heteroatoms. The Morgan fingerprint density at radius 2 is 1.86 bits per heavy atom. The molecule has 1 fully saturated rings. The Kier molecular flexibility index (Phi) is 6.01. The molecule has 2 aromatic carbocycles. The van der Waals surface area contributed by atoms with Crippen LogP contribution in [-0.4, -0.2) is 35.4 Å². The Bertz CT molecular complexity index is 971. The van der Waals surface area contributed by atoms with Crippen LogP contribution in [0.1, 0.15) is 21.5 Å². The van der Waals surface area contributed by atoms with Crippen molar-refractivity contribution >= 4 is 46.2 Å². The zero-order valence-electron chi connectivity index (χ0n) is 15.5. The molecule has 3 rings (SSSR count). The van der Waals surface area contributed by atoms with E-state index >= 15 is 0 Å². The lowest BCUT2D eigenvalue weighted by Crippen LogP contribution is -2.44. The van der Waals surface area contributed by atoms with E-state index < -0.39 is 11.8 Å². The molecule has 0 atom stereocenters. The van der Waals surface area contributed by atoms with Crippen LogP contribution in [0.3, 0.4) is 0 Å². The second kappa shape index (κ2) is 8.45. The van der Waals surface area contributed by atoms with Crippen LogP contribution in [0.2, 0.25) is 0 Å². The van der Waals surface area contributed by atoms with Crippen LogP contribution >= 0.6 is 24.0 Å². The van der Waals surface area contributed by atoms with Gasteiger partial charge in [0.05, 0.1) is 19.1 Å². The number of nitrogens with zero attached hydrogens (tertiary/aromatic N) is 1. The van der Waals surface area contributed by atoms with E-state index in [0.717, 1.165) is 22.3 Å². The summed E-state index contributed by atoms with van der Waals surface area (Å²) >= 11 is 6.37. The molecular formula is C20H18N2O4S2. The average Bonchev–Trinajstić information content (AvgIpc) is 2.95. The van der Waals surface area contributed by atoms with Crippen LogP contribution < -0.4 is 14.9 Å². The number of nitrogens with one attached hydrogen (secondary N) is 1. The van der Waals surface area contributed by atoms with Crippen LogP contribution in [0.4, 0.5) is 0 Å². The monoisotopic (exact) mass is 414 g/mol. The number of carbonyl (C=O) groups excluding carboxylic acids is 2. The molecule has 1 saturated heterocycles. The summed E-state index contributed by atoms with van der Waals surface area (Å²) in [6.45, 7) is 1.93. The molecule has 1 aliphatic rings. The van der Waals surface area contributed by atoms with Gasteiger partial charge in [-0.05, 0) is 43.4 Å². The summed E-state index contributed by atoms with van der Waals surface area (Å²) in [6.07, 6.45) is 1.67. The molecule has 0 bridgehead atoms. The average molecular weight is 415 g/mol. The van der Waals surface area contributed by atoms with Crippen molar-refractivity contribution in [3.05, 3.63) is 64.1 Å². The van der Waals surface area contributed by atoms with Crippen molar-refractivity contribution in [1.29, 1.82) is 0 Å². The SMILES string of the molecule is COc1cccc(/C=C2\SC(=S)N(NC(=O)c3ccc(C)cc3)C2=O)c1OC. The standard InChI is InChI=1S/C20H18N2O4S2/c1-12-7-9-13(10-8-12)18(23)21-22-19(24)16(28-20(22)27)11-14-5-4-6-15(25-2)17(14)26-3/h4-11H,1-3H3,(H,21,23)/b16-11-. The third-order valence-electron chi connectivity index (χ3n) is 4.04. The maximum absolute atomic E-state index is 12.8. The Hall–Kier alpha value is -2.84. The van der Waals surface area contributed by atoms with Crippen LogP contribution in [0.25, 0.3) is 6.08 Å². The number of rotatable bonds is 5. The van der Waals surface area contributed by atoms with E-state index in [9.17, 15) is 9.59 Å². The lowest BCUT2D eigenvalue weighted by atomic mass is 10.1. The molecule has 1 aliphatic heterocycles. The van der Waals surface area contributed by atoms with E-state index in [4.69, 9.17) is 21.7 Å². The number of benzene rings is 2. The predicted molar refractivity (Wildman–Crippen MR) is 113 cm³/mol. The molecule has 28 heavy (non-hydrogen) atoms. The summed E-state index contributed by atoms with van der Waals surface area (Å²) in [7, 11) is 3.07. The van der Waals surface area contributed by atoms with E-state index in [0.29, 0.717) is 27.5 Å². The number of ether oxygens (including phenoxy) is 2. The Morgan fingerprint density at radius 3 is 2.50 bits per heavy atom. The molecule has 2 aromatic rings. The Labute approximate surface area is 172 Å². The van der Waals surface area contributed by atoms with Crippen LogP contribution in [0.5, 0.6) is 11.5 Å². The third kappa shape index (κ3) is 4.02. The second-order valence-corrected chi connectivity index (χ2v) is 7.58. The second-order valence-electron chi connectivity index (χ2n) is 5.91. The number of hydrogen-bond donors (Lipinski definition) is 1. The van der Waals surface area contributed by atoms with Gasteiger partial charge in [-0.2, -0.15) is 5.01 Å². The van der Waals surface area contributed by atoms with Gasteiger partial charge in [-0.1, -0.05) is 41.6 Å². The van der Waals surface area contributed by atoms with Crippen LogP contribution in [-0.2, 0) is 4.79 Å². The number of amides is 2. The molecule has 2 amide bonds. The number of thiocarbonyl (C=S) groups is 1. The highest BCUT2D eigenvalue weighted by Gasteiger charge is 2.34. The van der Waals surface area contributed by atoms with Crippen molar-refractivity contribution in [3.8, 4) is 11.5 Å². The minimum atomic E-state index is -0.406. The topological polar surface area (TPSA) is 67.9 Å². The number of aryl methyl sites for hydroxylation is 1. The normalized spacial score (nSPS) is 15.1. The van der Waals surface area contributed by atoms with Gasteiger partial charge >= 0.3 is 0 Å². The minimum Gasteiger partial charge on any atom is -0.493 e. The maximum Gasteiger partial charge on any atom is 0.285 e. The third-order valence-corrected chi connectivity index (χ3v) is 5.34. The van der Waals surface area contributed by atoms with Gasteiger partial charge in [0.1, 0.15) is 0 Å². The fourth-order valence-corrected chi connectivity index (χ4v) is 3.77. The summed E-state index contributed by atoms with van der Waals surface area (Å²) in [4.78, 5) is 25.6. The first kappa shape index (κ1) is 19.9. The Morgan fingerprint density at radius 1 is 1.14 bits per heavy atom. The molecule has 6 nitrogen and oxygen atoms in total. The number of hydrogen-bond acceptors (Lipinski definition) is 6. The van der Waals surface area contributed by atoms with Gasteiger partial charge in [0.15, 0.2) is 15.8 Å². The summed E-state index contributed by atoms with van der Waals surface area (Å²) in [5.41, 5.74) is 4.72.